The lowest BCUT2D eigenvalue weighted by molar-refractivity contribution is -0.142. The van der Waals surface area contributed by atoms with Gasteiger partial charge in [0, 0.05) is 46.7 Å². The number of ether oxygens (including phenoxy) is 2. The minimum atomic E-state index is -0.378. The molecule has 5 nitrogen and oxygen atoms in total. The van der Waals surface area contributed by atoms with Gasteiger partial charge in [0.15, 0.2) is 5.78 Å². The molecule has 0 unspecified atom stereocenters. The normalized spacial score (nSPS) is 26.1. The number of hydrogen-bond acceptors (Lipinski definition) is 7. The van der Waals surface area contributed by atoms with E-state index in [-0.39, 0.29) is 36.3 Å². The molecule has 1 fully saturated rings. The molecule has 4 heterocycles. The van der Waals surface area contributed by atoms with Crippen LogP contribution in [0.3, 0.4) is 0 Å². The Morgan fingerprint density at radius 2 is 2.19 bits per heavy atom. The van der Waals surface area contributed by atoms with Crippen LogP contribution < -0.4 is 5.32 Å². The minimum Gasteiger partial charge on any atom is -0.459 e. The fraction of sp³-hybridized carbons (Fsp3) is 0.417. The number of nitrogens with one attached hydrogen (secondary N) is 1. The van der Waals surface area contributed by atoms with Crippen LogP contribution in [0.25, 0.3) is 0 Å². The molecule has 0 radical (unpaired) electrons. The van der Waals surface area contributed by atoms with Gasteiger partial charge in [-0.05, 0) is 60.0 Å². The molecular formula is C24H25NO4S2. The second kappa shape index (κ2) is 8.73. The highest BCUT2D eigenvalue weighted by molar-refractivity contribution is 7.10. The third-order valence-corrected chi connectivity index (χ3v) is 8.03. The van der Waals surface area contributed by atoms with Gasteiger partial charge in [-0.3, -0.25) is 4.79 Å². The molecule has 162 valence electrons. The van der Waals surface area contributed by atoms with Crippen LogP contribution in [0, 0.1) is 0 Å². The van der Waals surface area contributed by atoms with Crippen molar-refractivity contribution in [3.05, 3.63) is 67.3 Å². The molecule has 0 spiro atoms. The molecule has 1 N–H and O–H groups in total. The molecule has 0 amide bonds. The molecule has 2 aromatic rings. The van der Waals surface area contributed by atoms with Crippen molar-refractivity contribution in [1.82, 2.24) is 5.32 Å². The number of ketones is 1. The summed E-state index contributed by atoms with van der Waals surface area (Å²) in [5.41, 5.74) is 3.95. The number of carbonyl (C=O) groups is 2. The third kappa shape index (κ3) is 4.02. The van der Waals surface area contributed by atoms with Gasteiger partial charge in [0.1, 0.15) is 6.61 Å². The summed E-state index contributed by atoms with van der Waals surface area (Å²) in [6, 6.07) is 6.14. The first kappa shape index (κ1) is 20.7. The zero-order chi connectivity index (χ0) is 21.4. The zero-order valence-corrected chi connectivity index (χ0v) is 19.0. The van der Waals surface area contributed by atoms with Crippen LogP contribution in [0.15, 0.2) is 56.9 Å². The summed E-state index contributed by atoms with van der Waals surface area (Å²) < 4.78 is 11.3. The topological polar surface area (TPSA) is 64.6 Å². The Labute approximate surface area is 189 Å². The predicted octanol–water partition coefficient (Wildman–Crippen LogP) is 4.89. The van der Waals surface area contributed by atoms with Gasteiger partial charge in [-0.15, -0.1) is 11.3 Å². The summed E-state index contributed by atoms with van der Waals surface area (Å²) in [7, 11) is 0. The molecule has 31 heavy (non-hydrogen) atoms. The number of dihydropyridines is 1. The van der Waals surface area contributed by atoms with Crippen molar-refractivity contribution < 1.29 is 19.1 Å². The van der Waals surface area contributed by atoms with E-state index in [0.717, 1.165) is 48.4 Å². The van der Waals surface area contributed by atoms with Crippen LogP contribution in [0.2, 0.25) is 0 Å². The lowest BCUT2D eigenvalue weighted by Gasteiger charge is -2.36. The molecule has 2 aliphatic heterocycles. The smallest absolute Gasteiger partial charge is 0.336 e. The number of allylic oxidation sites excluding steroid dienone is 3. The Hall–Kier alpha value is -2.22. The van der Waals surface area contributed by atoms with E-state index >= 15 is 0 Å². The Balaban J connectivity index is 1.46. The molecule has 1 aliphatic carbocycles. The van der Waals surface area contributed by atoms with Gasteiger partial charge >= 0.3 is 5.97 Å². The van der Waals surface area contributed by atoms with E-state index in [1.165, 1.54) is 4.88 Å². The molecule has 3 atom stereocenters. The van der Waals surface area contributed by atoms with E-state index in [1.54, 1.807) is 22.7 Å². The predicted molar refractivity (Wildman–Crippen MR) is 121 cm³/mol. The van der Waals surface area contributed by atoms with Crippen LogP contribution in [-0.2, 0) is 19.1 Å². The van der Waals surface area contributed by atoms with Gasteiger partial charge in [-0.1, -0.05) is 6.07 Å². The summed E-state index contributed by atoms with van der Waals surface area (Å²) in [6.45, 7) is 2.89. The fourth-order valence-electron chi connectivity index (χ4n) is 4.83. The average molecular weight is 456 g/mol. The van der Waals surface area contributed by atoms with Crippen molar-refractivity contribution >= 4 is 34.4 Å². The number of carbonyl (C=O) groups excluding carboxylic acids is 2. The van der Waals surface area contributed by atoms with E-state index < -0.39 is 0 Å². The average Bonchev–Trinajstić information content (AvgIpc) is 3.54. The first-order valence-corrected chi connectivity index (χ1v) is 12.5. The standard InChI is InChI=1S/C24H25NO4S2/c1-14-21(24(27)29-12-17-4-2-7-28-17)22(15-6-9-30-13-15)23-18(25-14)10-16(11-19(23)26)20-5-3-8-31-20/h3,5-6,8-9,13,16-17,22,25H,2,4,7,10-12H2,1H3/t16-,17-,22-/m0/s1. The highest BCUT2D eigenvalue weighted by Crippen LogP contribution is 2.46. The van der Waals surface area contributed by atoms with Gasteiger partial charge in [0.05, 0.1) is 11.7 Å². The van der Waals surface area contributed by atoms with Gasteiger partial charge in [-0.25, -0.2) is 4.79 Å². The Morgan fingerprint density at radius 1 is 1.29 bits per heavy atom. The first-order chi connectivity index (χ1) is 15.1. The molecular weight excluding hydrogens is 430 g/mol. The molecule has 0 aromatic carbocycles. The van der Waals surface area contributed by atoms with E-state index in [2.05, 4.69) is 16.8 Å². The SMILES string of the molecule is CC1=C(C(=O)OC[C@@H]2CCCO2)[C@H](c2ccsc2)C2=C(C[C@H](c3cccs3)CC2=O)N1. The highest BCUT2D eigenvalue weighted by Gasteiger charge is 2.41. The molecule has 3 aliphatic rings. The zero-order valence-electron chi connectivity index (χ0n) is 17.4. The lowest BCUT2D eigenvalue weighted by atomic mass is 9.73. The summed E-state index contributed by atoms with van der Waals surface area (Å²) in [4.78, 5) is 27.8. The Kier molecular flexibility index (Phi) is 5.82. The number of hydrogen-bond donors (Lipinski definition) is 1. The van der Waals surface area contributed by atoms with Crippen molar-refractivity contribution in [1.29, 1.82) is 0 Å². The fourth-order valence-corrected chi connectivity index (χ4v) is 6.35. The Morgan fingerprint density at radius 3 is 2.90 bits per heavy atom. The number of rotatable bonds is 5. The molecule has 0 saturated carbocycles. The lowest BCUT2D eigenvalue weighted by Crippen LogP contribution is -2.36. The van der Waals surface area contributed by atoms with Crippen molar-refractivity contribution in [2.75, 3.05) is 13.2 Å². The van der Waals surface area contributed by atoms with E-state index in [1.807, 2.05) is 29.8 Å². The number of esters is 1. The second-order valence-corrected chi connectivity index (χ2v) is 10.1. The maximum Gasteiger partial charge on any atom is 0.336 e. The largest absolute Gasteiger partial charge is 0.459 e. The van der Waals surface area contributed by atoms with Crippen molar-refractivity contribution in [2.24, 2.45) is 0 Å². The van der Waals surface area contributed by atoms with E-state index in [0.29, 0.717) is 12.0 Å². The van der Waals surface area contributed by atoms with Gasteiger partial charge in [-0.2, -0.15) is 11.3 Å². The molecule has 5 rings (SSSR count). The van der Waals surface area contributed by atoms with Gasteiger partial charge in [0.2, 0.25) is 0 Å². The third-order valence-electron chi connectivity index (χ3n) is 6.29. The van der Waals surface area contributed by atoms with Crippen molar-refractivity contribution in [2.45, 2.75) is 50.5 Å². The quantitative estimate of drug-likeness (QED) is 0.650. The minimum absolute atomic E-state index is 0.0290. The number of Topliss-reactive ketones (excluding diaryl/α,β-unsaturated/α-hetero) is 1. The van der Waals surface area contributed by atoms with Crippen LogP contribution in [0.4, 0.5) is 0 Å². The first-order valence-electron chi connectivity index (χ1n) is 10.7. The number of thiophene rings is 2. The van der Waals surface area contributed by atoms with E-state index in [4.69, 9.17) is 9.47 Å². The highest BCUT2D eigenvalue weighted by atomic mass is 32.1. The van der Waals surface area contributed by atoms with Crippen LogP contribution in [0.1, 0.15) is 54.9 Å². The monoisotopic (exact) mass is 455 g/mol. The second-order valence-electron chi connectivity index (χ2n) is 8.32. The maximum absolute atomic E-state index is 13.4. The molecule has 2 aromatic heterocycles. The van der Waals surface area contributed by atoms with E-state index in [9.17, 15) is 9.59 Å². The summed E-state index contributed by atoms with van der Waals surface area (Å²) in [5.74, 6) is -0.448. The Bertz CT molecular complexity index is 1030. The van der Waals surface area contributed by atoms with Crippen molar-refractivity contribution in [3.8, 4) is 0 Å². The van der Waals surface area contributed by atoms with Crippen LogP contribution in [-0.4, -0.2) is 31.1 Å². The van der Waals surface area contributed by atoms with Crippen molar-refractivity contribution in [3.63, 3.8) is 0 Å². The summed E-state index contributed by atoms with van der Waals surface area (Å²) >= 11 is 3.27. The van der Waals surface area contributed by atoms with Gasteiger partial charge in [0.25, 0.3) is 0 Å². The summed E-state index contributed by atoms with van der Waals surface area (Å²) in [6.07, 6.45) is 3.13. The van der Waals surface area contributed by atoms with Gasteiger partial charge < -0.3 is 14.8 Å². The maximum atomic E-state index is 13.4. The molecule has 1 saturated heterocycles. The van der Waals surface area contributed by atoms with Crippen LogP contribution in [0.5, 0.6) is 0 Å². The van der Waals surface area contributed by atoms with Crippen LogP contribution >= 0.6 is 22.7 Å². The molecule has 7 heteroatoms. The summed E-state index contributed by atoms with van der Waals surface area (Å²) in [5, 5.41) is 9.48. The molecule has 0 bridgehead atoms.